The number of hydrogen-bond donors (Lipinski definition) is 1. The first-order chi connectivity index (χ1) is 10.7. The second-order valence-electron chi connectivity index (χ2n) is 4.29. The van der Waals surface area contributed by atoms with Gasteiger partial charge in [-0.25, -0.2) is 5.43 Å². The lowest BCUT2D eigenvalue weighted by Crippen LogP contribution is -2.17. The van der Waals surface area contributed by atoms with Crippen LogP contribution >= 0.6 is 22.6 Å². The molecule has 1 N–H and O–H groups in total. The Morgan fingerprint density at radius 1 is 1.14 bits per heavy atom. The van der Waals surface area contributed by atoms with Gasteiger partial charge in [0.1, 0.15) is 0 Å². The fourth-order valence-corrected chi connectivity index (χ4v) is 2.31. The number of hydrogen-bond acceptors (Lipinski definition) is 4. The number of benzene rings is 2. The Kier molecular flexibility index (Phi) is 5.76. The van der Waals surface area contributed by atoms with Crippen LogP contribution < -0.4 is 14.9 Å². The zero-order valence-electron chi connectivity index (χ0n) is 12.2. The molecular weight excluding hydrogens is 395 g/mol. The monoisotopic (exact) mass is 410 g/mol. The lowest BCUT2D eigenvalue weighted by molar-refractivity contribution is 0.0954. The first kappa shape index (κ1) is 16.3. The average Bonchev–Trinajstić information content (AvgIpc) is 2.55. The van der Waals surface area contributed by atoms with Gasteiger partial charge in [0.05, 0.1) is 20.4 Å². The van der Waals surface area contributed by atoms with Gasteiger partial charge in [0.15, 0.2) is 11.5 Å². The maximum absolute atomic E-state index is 12.1. The lowest BCUT2D eigenvalue weighted by atomic mass is 10.2. The summed E-state index contributed by atoms with van der Waals surface area (Å²) >= 11 is 2.21. The second-order valence-corrected chi connectivity index (χ2v) is 5.45. The Morgan fingerprint density at radius 2 is 1.86 bits per heavy atom. The van der Waals surface area contributed by atoms with Crippen LogP contribution in [0.4, 0.5) is 0 Å². The van der Waals surface area contributed by atoms with Crippen molar-refractivity contribution in [3.05, 3.63) is 57.2 Å². The third-order valence-electron chi connectivity index (χ3n) is 2.92. The molecule has 6 heteroatoms. The molecule has 0 fully saturated rings. The molecule has 22 heavy (non-hydrogen) atoms. The zero-order chi connectivity index (χ0) is 15.9. The van der Waals surface area contributed by atoms with Crippen LogP contribution in [0.1, 0.15) is 15.9 Å². The highest BCUT2D eigenvalue weighted by Crippen LogP contribution is 2.27. The van der Waals surface area contributed by atoms with E-state index < -0.39 is 0 Å². The summed E-state index contributed by atoms with van der Waals surface area (Å²) in [6.07, 6.45) is 1.61. The van der Waals surface area contributed by atoms with Crippen LogP contribution in [0.25, 0.3) is 0 Å². The number of carbonyl (C=O) groups excluding carboxylic acids is 1. The van der Waals surface area contributed by atoms with E-state index in [0.29, 0.717) is 17.1 Å². The van der Waals surface area contributed by atoms with Gasteiger partial charge in [-0.05, 0) is 46.9 Å². The van der Waals surface area contributed by atoms with E-state index in [9.17, 15) is 4.79 Å². The van der Waals surface area contributed by atoms with Crippen molar-refractivity contribution in [2.24, 2.45) is 5.10 Å². The van der Waals surface area contributed by atoms with Crippen LogP contribution in [0.2, 0.25) is 0 Å². The Balaban J connectivity index is 2.08. The number of rotatable bonds is 5. The SMILES string of the molecule is COc1ccc(C(=O)N/N=C/c2ccccc2I)cc1OC. The van der Waals surface area contributed by atoms with Crippen LogP contribution in [0.5, 0.6) is 11.5 Å². The van der Waals surface area contributed by atoms with Crippen molar-refractivity contribution in [1.29, 1.82) is 0 Å². The highest BCUT2D eigenvalue weighted by molar-refractivity contribution is 14.1. The molecule has 2 aromatic rings. The van der Waals surface area contributed by atoms with E-state index in [1.165, 1.54) is 7.11 Å². The number of nitrogens with one attached hydrogen (secondary N) is 1. The van der Waals surface area contributed by atoms with E-state index in [0.717, 1.165) is 9.13 Å². The van der Waals surface area contributed by atoms with Crippen LogP contribution in [-0.2, 0) is 0 Å². The molecule has 2 rings (SSSR count). The smallest absolute Gasteiger partial charge is 0.271 e. The summed E-state index contributed by atoms with van der Waals surface area (Å²) in [6.45, 7) is 0. The van der Waals surface area contributed by atoms with Crippen LogP contribution in [0.15, 0.2) is 47.6 Å². The molecule has 0 aliphatic rings. The molecule has 5 nitrogen and oxygen atoms in total. The summed E-state index contributed by atoms with van der Waals surface area (Å²) in [4.78, 5) is 12.1. The van der Waals surface area contributed by atoms with E-state index in [1.807, 2.05) is 24.3 Å². The van der Waals surface area contributed by atoms with Gasteiger partial charge in [0.25, 0.3) is 5.91 Å². The standard InChI is InChI=1S/C16H15IN2O3/c1-21-14-8-7-11(9-15(14)22-2)16(20)19-18-10-12-5-3-4-6-13(12)17/h3-10H,1-2H3,(H,19,20)/b18-10+. The molecular formula is C16H15IN2O3. The molecule has 0 atom stereocenters. The van der Waals surface area contributed by atoms with Crippen molar-refractivity contribution in [2.45, 2.75) is 0 Å². The maximum Gasteiger partial charge on any atom is 0.271 e. The Labute approximate surface area is 142 Å². The fourth-order valence-electron chi connectivity index (χ4n) is 1.78. The average molecular weight is 410 g/mol. The molecule has 0 bridgehead atoms. The summed E-state index contributed by atoms with van der Waals surface area (Å²) < 4.78 is 11.4. The lowest BCUT2D eigenvalue weighted by Gasteiger charge is -2.08. The fraction of sp³-hybridized carbons (Fsp3) is 0.125. The molecule has 114 valence electrons. The van der Waals surface area contributed by atoms with E-state index in [4.69, 9.17) is 9.47 Å². The number of carbonyl (C=O) groups is 1. The highest BCUT2D eigenvalue weighted by atomic mass is 127. The van der Waals surface area contributed by atoms with Crippen LogP contribution in [0, 0.1) is 3.57 Å². The van der Waals surface area contributed by atoms with Gasteiger partial charge in [0, 0.05) is 14.7 Å². The third kappa shape index (κ3) is 3.97. The topological polar surface area (TPSA) is 59.9 Å². The van der Waals surface area contributed by atoms with Crippen molar-refractivity contribution in [2.75, 3.05) is 14.2 Å². The minimum atomic E-state index is -0.317. The molecule has 0 unspecified atom stereocenters. The predicted molar refractivity (Wildman–Crippen MR) is 93.8 cm³/mol. The van der Waals surface area contributed by atoms with Gasteiger partial charge < -0.3 is 9.47 Å². The first-order valence-electron chi connectivity index (χ1n) is 6.45. The summed E-state index contributed by atoms with van der Waals surface area (Å²) in [5, 5.41) is 3.98. The molecule has 0 heterocycles. The van der Waals surface area contributed by atoms with Crippen molar-refractivity contribution < 1.29 is 14.3 Å². The molecule has 0 saturated carbocycles. The molecule has 1 amide bonds. The summed E-state index contributed by atoms with van der Waals surface area (Å²) in [5.74, 6) is 0.751. The van der Waals surface area contributed by atoms with Crippen molar-refractivity contribution in [3.63, 3.8) is 0 Å². The van der Waals surface area contributed by atoms with Crippen molar-refractivity contribution in [1.82, 2.24) is 5.43 Å². The van der Waals surface area contributed by atoms with E-state index in [-0.39, 0.29) is 5.91 Å². The minimum absolute atomic E-state index is 0.317. The third-order valence-corrected chi connectivity index (χ3v) is 3.90. The summed E-state index contributed by atoms with van der Waals surface area (Å²) in [6, 6.07) is 12.7. The largest absolute Gasteiger partial charge is 0.493 e. The van der Waals surface area contributed by atoms with E-state index >= 15 is 0 Å². The summed E-state index contributed by atoms with van der Waals surface area (Å²) in [7, 11) is 3.07. The van der Waals surface area contributed by atoms with Gasteiger partial charge in [0.2, 0.25) is 0 Å². The first-order valence-corrected chi connectivity index (χ1v) is 7.53. The van der Waals surface area contributed by atoms with Gasteiger partial charge in [-0.2, -0.15) is 5.10 Å². The Morgan fingerprint density at radius 3 is 2.55 bits per heavy atom. The molecule has 0 spiro atoms. The Bertz CT molecular complexity index is 702. The van der Waals surface area contributed by atoms with Gasteiger partial charge >= 0.3 is 0 Å². The number of methoxy groups -OCH3 is 2. The number of ether oxygens (including phenoxy) is 2. The van der Waals surface area contributed by atoms with Gasteiger partial charge in [-0.1, -0.05) is 18.2 Å². The quantitative estimate of drug-likeness (QED) is 0.468. The highest BCUT2D eigenvalue weighted by Gasteiger charge is 2.09. The van der Waals surface area contributed by atoms with Gasteiger partial charge in [-0.3, -0.25) is 4.79 Å². The van der Waals surface area contributed by atoms with Crippen LogP contribution in [-0.4, -0.2) is 26.3 Å². The normalized spacial score (nSPS) is 10.5. The zero-order valence-corrected chi connectivity index (χ0v) is 14.3. The molecule has 0 saturated heterocycles. The van der Waals surface area contributed by atoms with E-state index in [1.54, 1.807) is 31.5 Å². The molecule has 0 aliphatic heterocycles. The van der Waals surface area contributed by atoms with E-state index in [2.05, 4.69) is 33.1 Å². The molecule has 0 aliphatic carbocycles. The van der Waals surface area contributed by atoms with Crippen molar-refractivity contribution in [3.8, 4) is 11.5 Å². The predicted octanol–water partition coefficient (Wildman–Crippen LogP) is 3.07. The Hall–Kier alpha value is -2.09. The molecule has 0 aromatic heterocycles. The van der Waals surface area contributed by atoms with Gasteiger partial charge in [-0.15, -0.1) is 0 Å². The summed E-state index contributed by atoms with van der Waals surface area (Å²) in [5.41, 5.74) is 3.88. The number of hydrazone groups is 1. The number of amides is 1. The molecule has 2 aromatic carbocycles. The van der Waals surface area contributed by atoms with Crippen LogP contribution in [0.3, 0.4) is 0 Å². The molecule has 0 radical (unpaired) electrons. The van der Waals surface area contributed by atoms with Crippen molar-refractivity contribution >= 4 is 34.7 Å². The minimum Gasteiger partial charge on any atom is -0.493 e. The maximum atomic E-state index is 12.1. The second kappa shape index (κ2) is 7.79. The number of nitrogens with zero attached hydrogens (tertiary/aromatic N) is 1. The number of halogens is 1.